The van der Waals surface area contributed by atoms with E-state index in [0.717, 1.165) is 6.42 Å². The second kappa shape index (κ2) is 4.10. The third kappa shape index (κ3) is 2.06. The Labute approximate surface area is 83.1 Å². The third-order valence-corrected chi connectivity index (χ3v) is 4.95. The summed E-state index contributed by atoms with van der Waals surface area (Å²) in [6.07, 6.45) is 1.84. The van der Waals surface area contributed by atoms with Crippen molar-refractivity contribution in [3.05, 3.63) is 0 Å². The van der Waals surface area contributed by atoms with Gasteiger partial charge in [0.25, 0.3) is 0 Å². The molecule has 1 rings (SSSR count). The largest absolute Gasteiger partial charge is 0.307 e. The standard InChI is InChI=1S/C8H15F2NO2S/c1-6(2)11(8(9)10)14(12,13)7-4-3-5-7/h6-8H,3-5H2,1-2H3. The first-order valence-corrected chi connectivity index (χ1v) is 6.18. The lowest BCUT2D eigenvalue weighted by Gasteiger charge is -2.33. The molecular weight excluding hydrogens is 212 g/mol. The van der Waals surface area contributed by atoms with Crippen LogP contribution < -0.4 is 0 Å². The topological polar surface area (TPSA) is 37.4 Å². The molecule has 0 N–H and O–H groups in total. The van der Waals surface area contributed by atoms with Crippen LogP contribution in [0.1, 0.15) is 33.1 Å². The number of hydrogen-bond donors (Lipinski definition) is 0. The highest BCUT2D eigenvalue weighted by atomic mass is 32.2. The fourth-order valence-electron chi connectivity index (χ4n) is 1.47. The minimum absolute atomic E-state index is 0.316. The molecule has 0 aromatic heterocycles. The van der Waals surface area contributed by atoms with Crippen LogP contribution in [0.4, 0.5) is 8.78 Å². The van der Waals surface area contributed by atoms with Gasteiger partial charge < -0.3 is 0 Å². The molecule has 6 heteroatoms. The maximum atomic E-state index is 12.5. The summed E-state index contributed by atoms with van der Waals surface area (Å²) in [6, 6.07) is -0.680. The molecular formula is C8H15F2NO2S. The van der Waals surface area contributed by atoms with Crippen molar-refractivity contribution >= 4 is 10.0 Å². The van der Waals surface area contributed by atoms with Crippen LogP contribution >= 0.6 is 0 Å². The van der Waals surface area contributed by atoms with E-state index in [9.17, 15) is 17.2 Å². The van der Waals surface area contributed by atoms with Gasteiger partial charge in [0.1, 0.15) is 0 Å². The molecule has 1 saturated carbocycles. The summed E-state index contributed by atoms with van der Waals surface area (Å²) in [7, 11) is -3.78. The fraction of sp³-hybridized carbons (Fsp3) is 1.00. The van der Waals surface area contributed by atoms with E-state index >= 15 is 0 Å². The minimum atomic E-state index is -3.78. The highest BCUT2D eigenvalue weighted by Crippen LogP contribution is 2.31. The van der Waals surface area contributed by atoms with Gasteiger partial charge in [0.2, 0.25) is 10.0 Å². The molecule has 1 aliphatic rings. The van der Waals surface area contributed by atoms with Crippen molar-refractivity contribution < 1.29 is 17.2 Å². The summed E-state index contributed by atoms with van der Waals surface area (Å²) < 4.78 is 48.6. The molecule has 0 atom stereocenters. The first kappa shape index (κ1) is 11.8. The first-order valence-electron chi connectivity index (χ1n) is 4.68. The van der Waals surface area contributed by atoms with E-state index in [1.807, 2.05) is 0 Å². The Morgan fingerprint density at radius 1 is 1.29 bits per heavy atom. The molecule has 0 bridgehead atoms. The molecule has 1 fully saturated rings. The lowest BCUT2D eigenvalue weighted by Crippen LogP contribution is -2.47. The summed E-state index contributed by atoms with van der Waals surface area (Å²) >= 11 is 0. The van der Waals surface area contributed by atoms with E-state index in [1.54, 1.807) is 0 Å². The van der Waals surface area contributed by atoms with Gasteiger partial charge in [-0.05, 0) is 26.7 Å². The summed E-state index contributed by atoms with van der Waals surface area (Å²) in [4.78, 5) is 0. The Morgan fingerprint density at radius 2 is 1.79 bits per heavy atom. The molecule has 1 aliphatic carbocycles. The van der Waals surface area contributed by atoms with Crippen LogP contribution in [-0.2, 0) is 10.0 Å². The Hall–Kier alpha value is -0.230. The number of alkyl halides is 2. The summed E-state index contributed by atoms with van der Waals surface area (Å²) in [6.45, 7) is -0.00862. The van der Waals surface area contributed by atoms with E-state index in [2.05, 4.69) is 0 Å². The van der Waals surface area contributed by atoms with Crippen LogP contribution in [0.3, 0.4) is 0 Å². The molecule has 0 radical (unpaired) electrons. The van der Waals surface area contributed by atoms with Crippen LogP contribution in [0.5, 0.6) is 0 Å². The average Bonchev–Trinajstić information content (AvgIpc) is 1.75. The van der Waals surface area contributed by atoms with E-state index in [4.69, 9.17) is 0 Å². The van der Waals surface area contributed by atoms with E-state index in [-0.39, 0.29) is 0 Å². The van der Waals surface area contributed by atoms with Gasteiger partial charge in [-0.1, -0.05) is 6.42 Å². The van der Waals surface area contributed by atoms with Crippen molar-refractivity contribution in [2.24, 2.45) is 0 Å². The molecule has 0 aromatic carbocycles. The van der Waals surface area contributed by atoms with Crippen molar-refractivity contribution in [1.82, 2.24) is 4.31 Å². The number of nitrogens with zero attached hydrogens (tertiary/aromatic N) is 1. The van der Waals surface area contributed by atoms with Crippen molar-refractivity contribution in [2.75, 3.05) is 0 Å². The molecule has 0 aliphatic heterocycles. The van der Waals surface area contributed by atoms with E-state index < -0.39 is 27.9 Å². The number of rotatable bonds is 4. The Kier molecular flexibility index (Phi) is 3.47. The van der Waals surface area contributed by atoms with Crippen molar-refractivity contribution in [3.63, 3.8) is 0 Å². The van der Waals surface area contributed by atoms with Crippen molar-refractivity contribution in [1.29, 1.82) is 0 Å². The Bertz CT molecular complexity index is 278. The first-order chi connectivity index (χ1) is 6.37. The van der Waals surface area contributed by atoms with Gasteiger partial charge >= 0.3 is 6.55 Å². The van der Waals surface area contributed by atoms with Gasteiger partial charge in [0.15, 0.2) is 0 Å². The van der Waals surface area contributed by atoms with Crippen molar-refractivity contribution in [3.8, 4) is 0 Å². The zero-order chi connectivity index (χ0) is 10.9. The minimum Gasteiger partial charge on any atom is -0.212 e. The van der Waals surface area contributed by atoms with Crippen LogP contribution in [0.2, 0.25) is 0 Å². The molecule has 0 saturated heterocycles. The zero-order valence-corrected chi connectivity index (χ0v) is 9.10. The molecule has 0 heterocycles. The molecule has 84 valence electrons. The van der Waals surface area contributed by atoms with Gasteiger partial charge in [-0.25, -0.2) is 8.42 Å². The predicted molar refractivity (Wildman–Crippen MR) is 49.5 cm³/mol. The van der Waals surface area contributed by atoms with Crippen LogP contribution in [0.25, 0.3) is 0 Å². The Balaban J connectivity index is 2.86. The smallest absolute Gasteiger partial charge is 0.212 e. The lowest BCUT2D eigenvalue weighted by atomic mass is 10.0. The van der Waals surface area contributed by atoms with Gasteiger partial charge in [0, 0.05) is 6.04 Å². The monoisotopic (exact) mass is 227 g/mol. The van der Waals surface area contributed by atoms with Gasteiger partial charge in [0.05, 0.1) is 5.25 Å². The van der Waals surface area contributed by atoms with Gasteiger partial charge in [-0.3, -0.25) is 0 Å². The van der Waals surface area contributed by atoms with Gasteiger partial charge in [-0.2, -0.15) is 8.78 Å². The zero-order valence-electron chi connectivity index (χ0n) is 8.28. The second-order valence-electron chi connectivity index (χ2n) is 3.80. The fourth-order valence-corrected chi connectivity index (χ4v) is 3.55. The highest BCUT2D eigenvalue weighted by Gasteiger charge is 2.41. The number of halogens is 2. The van der Waals surface area contributed by atoms with Crippen molar-refractivity contribution in [2.45, 2.75) is 51.0 Å². The SMILES string of the molecule is CC(C)N(C(F)F)S(=O)(=O)C1CCC1. The maximum absolute atomic E-state index is 12.5. The summed E-state index contributed by atoms with van der Waals surface area (Å²) in [5.41, 5.74) is 0. The molecule has 0 unspecified atom stereocenters. The van der Waals surface area contributed by atoms with Crippen LogP contribution in [-0.4, -0.2) is 30.6 Å². The molecule has 0 aromatic rings. The quantitative estimate of drug-likeness (QED) is 0.687. The summed E-state index contributed by atoms with van der Waals surface area (Å²) in [5.74, 6) is 0. The van der Waals surface area contributed by atoms with Crippen LogP contribution in [0, 0.1) is 0 Å². The predicted octanol–water partition coefficient (Wildman–Crippen LogP) is 1.80. The normalized spacial score (nSPS) is 19.4. The number of sulfonamides is 1. The van der Waals surface area contributed by atoms with Gasteiger partial charge in [-0.15, -0.1) is 4.31 Å². The highest BCUT2D eigenvalue weighted by molar-refractivity contribution is 7.89. The van der Waals surface area contributed by atoms with Crippen LogP contribution in [0.15, 0.2) is 0 Å². The number of hydrogen-bond acceptors (Lipinski definition) is 2. The Morgan fingerprint density at radius 3 is 2.00 bits per heavy atom. The average molecular weight is 227 g/mol. The van der Waals surface area contributed by atoms with E-state index in [0.29, 0.717) is 17.1 Å². The van der Waals surface area contributed by atoms with E-state index in [1.165, 1.54) is 13.8 Å². The maximum Gasteiger partial charge on any atom is 0.307 e. The second-order valence-corrected chi connectivity index (χ2v) is 5.92. The molecule has 0 spiro atoms. The lowest BCUT2D eigenvalue weighted by molar-refractivity contribution is 0.0140. The third-order valence-electron chi connectivity index (χ3n) is 2.47. The summed E-state index contributed by atoms with van der Waals surface area (Å²) in [5, 5.41) is -0.584. The molecule has 14 heavy (non-hydrogen) atoms. The molecule has 0 amide bonds. The molecule has 3 nitrogen and oxygen atoms in total.